The van der Waals surface area contributed by atoms with Crippen molar-refractivity contribution < 1.29 is 0 Å². The van der Waals surface area contributed by atoms with Crippen molar-refractivity contribution in [2.75, 3.05) is 31.1 Å². The van der Waals surface area contributed by atoms with Gasteiger partial charge in [0.1, 0.15) is 5.65 Å². The molecular formula is C21H22N6O. The maximum atomic E-state index is 12.2. The van der Waals surface area contributed by atoms with Gasteiger partial charge in [-0.1, -0.05) is 6.07 Å². The first kappa shape index (κ1) is 16.9. The molecular weight excluding hydrogens is 352 g/mol. The standard InChI is InChI=1S/C21H22N6O/c1-24-15-22-19-12-17(5-6-18(19)21(24)28)26-10-8-25(9-11-26)13-16-14-27-7-3-2-4-20(27)23-16/h2-7,12,14-15H,8-11,13H2,1H3. The molecule has 0 aliphatic carbocycles. The van der Waals surface area contributed by atoms with Crippen LogP contribution >= 0.6 is 0 Å². The van der Waals surface area contributed by atoms with Crippen molar-refractivity contribution in [3.05, 3.63) is 71.2 Å². The second kappa shape index (κ2) is 6.76. The molecule has 1 aliphatic rings. The molecule has 142 valence electrons. The van der Waals surface area contributed by atoms with Crippen molar-refractivity contribution in [1.82, 2.24) is 23.8 Å². The molecule has 0 saturated carbocycles. The van der Waals surface area contributed by atoms with E-state index in [1.54, 1.807) is 13.4 Å². The molecule has 0 atom stereocenters. The number of hydrogen-bond acceptors (Lipinski definition) is 5. The molecule has 7 heteroatoms. The van der Waals surface area contributed by atoms with E-state index in [2.05, 4.69) is 25.4 Å². The van der Waals surface area contributed by atoms with Gasteiger partial charge >= 0.3 is 0 Å². The van der Waals surface area contributed by atoms with Gasteiger partial charge in [0.25, 0.3) is 5.56 Å². The Morgan fingerprint density at radius 2 is 1.93 bits per heavy atom. The molecule has 0 radical (unpaired) electrons. The minimum atomic E-state index is -0.00572. The third-order valence-corrected chi connectivity index (χ3v) is 5.44. The summed E-state index contributed by atoms with van der Waals surface area (Å²) in [4.78, 5) is 26.1. The van der Waals surface area contributed by atoms with Gasteiger partial charge in [-0.2, -0.15) is 0 Å². The largest absolute Gasteiger partial charge is 0.369 e. The topological polar surface area (TPSA) is 58.7 Å². The number of anilines is 1. The van der Waals surface area contributed by atoms with Crippen molar-refractivity contribution in [3.8, 4) is 0 Å². The van der Waals surface area contributed by atoms with Crippen LogP contribution in [0.15, 0.2) is 59.9 Å². The van der Waals surface area contributed by atoms with Crippen LogP contribution < -0.4 is 10.5 Å². The summed E-state index contributed by atoms with van der Waals surface area (Å²) in [7, 11) is 1.73. The number of aromatic nitrogens is 4. The normalized spacial score (nSPS) is 15.5. The molecule has 28 heavy (non-hydrogen) atoms. The lowest BCUT2D eigenvalue weighted by Crippen LogP contribution is -2.46. The number of nitrogens with zero attached hydrogens (tertiary/aromatic N) is 6. The highest BCUT2D eigenvalue weighted by Crippen LogP contribution is 2.21. The maximum Gasteiger partial charge on any atom is 0.260 e. The SMILES string of the molecule is Cn1cnc2cc(N3CCN(Cc4cn5ccccc5n4)CC3)ccc2c1=O. The molecule has 0 N–H and O–H groups in total. The summed E-state index contributed by atoms with van der Waals surface area (Å²) >= 11 is 0. The summed E-state index contributed by atoms with van der Waals surface area (Å²) in [6.07, 6.45) is 5.73. The lowest BCUT2D eigenvalue weighted by atomic mass is 10.2. The first-order chi connectivity index (χ1) is 13.7. The number of piperazine rings is 1. The Bertz CT molecular complexity index is 1170. The van der Waals surface area contributed by atoms with Crippen LogP contribution in [-0.2, 0) is 13.6 Å². The molecule has 0 bridgehead atoms. The van der Waals surface area contributed by atoms with Gasteiger partial charge in [0.15, 0.2) is 0 Å². The number of pyridine rings is 1. The van der Waals surface area contributed by atoms with E-state index in [0.717, 1.165) is 55.3 Å². The van der Waals surface area contributed by atoms with Gasteiger partial charge in [-0.05, 0) is 30.3 Å². The third kappa shape index (κ3) is 3.03. The fourth-order valence-electron chi connectivity index (χ4n) is 3.85. The van der Waals surface area contributed by atoms with E-state index in [-0.39, 0.29) is 5.56 Å². The summed E-state index contributed by atoms with van der Waals surface area (Å²) in [5, 5.41) is 0.666. The van der Waals surface area contributed by atoms with E-state index in [4.69, 9.17) is 4.98 Å². The van der Waals surface area contributed by atoms with Crippen LogP contribution in [0.25, 0.3) is 16.6 Å². The molecule has 1 saturated heterocycles. The van der Waals surface area contributed by atoms with E-state index in [1.165, 1.54) is 4.57 Å². The zero-order valence-corrected chi connectivity index (χ0v) is 15.8. The summed E-state index contributed by atoms with van der Waals surface area (Å²) in [6.45, 7) is 4.73. The smallest absolute Gasteiger partial charge is 0.260 e. The molecule has 7 nitrogen and oxygen atoms in total. The van der Waals surface area contributed by atoms with E-state index in [9.17, 15) is 4.79 Å². The van der Waals surface area contributed by atoms with Gasteiger partial charge < -0.3 is 13.9 Å². The Kier molecular flexibility index (Phi) is 4.09. The van der Waals surface area contributed by atoms with Crippen molar-refractivity contribution in [2.24, 2.45) is 7.05 Å². The van der Waals surface area contributed by atoms with Gasteiger partial charge in [0.2, 0.25) is 0 Å². The Morgan fingerprint density at radius 3 is 2.75 bits per heavy atom. The Morgan fingerprint density at radius 1 is 1.07 bits per heavy atom. The molecule has 1 fully saturated rings. The highest BCUT2D eigenvalue weighted by Gasteiger charge is 2.19. The van der Waals surface area contributed by atoms with Crippen LogP contribution in [0.1, 0.15) is 5.69 Å². The molecule has 5 rings (SSSR count). The zero-order valence-electron chi connectivity index (χ0n) is 15.8. The Labute approximate surface area is 162 Å². The predicted octanol–water partition coefficient (Wildman–Crippen LogP) is 1.90. The van der Waals surface area contributed by atoms with Gasteiger partial charge in [0.05, 0.1) is 22.9 Å². The highest BCUT2D eigenvalue weighted by atomic mass is 16.1. The minimum absolute atomic E-state index is 0.00572. The van der Waals surface area contributed by atoms with Crippen LogP contribution in [0.2, 0.25) is 0 Å². The second-order valence-electron chi connectivity index (χ2n) is 7.32. The summed E-state index contributed by atoms with van der Waals surface area (Å²) in [6, 6.07) is 12.0. The van der Waals surface area contributed by atoms with E-state index in [1.807, 2.05) is 42.6 Å². The van der Waals surface area contributed by atoms with Crippen LogP contribution in [0.3, 0.4) is 0 Å². The molecule has 4 heterocycles. The zero-order chi connectivity index (χ0) is 19.1. The quantitative estimate of drug-likeness (QED) is 0.548. The summed E-state index contributed by atoms with van der Waals surface area (Å²) in [5.41, 5.74) is 3.97. The fourth-order valence-corrected chi connectivity index (χ4v) is 3.85. The average molecular weight is 374 g/mol. The molecule has 0 unspecified atom stereocenters. The average Bonchev–Trinajstić information content (AvgIpc) is 3.13. The van der Waals surface area contributed by atoms with Gasteiger partial charge in [0, 0.05) is 57.9 Å². The van der Waals surface area contributed by atoms with Crippen molar-refractivity contribution in [1.29, 1.82) is 0 Å². The molecule has 1 aliphatic heterocycles. The van der Waals surface area contributed by atoms with Crippen LogP contribution in [0, 0.1) is 0 Å². The summed E-state index contributed by atoms with van der Waals surface area (Å²) < 4.78 is 3.58. The first-order valence-corrected chi connectivity index (χ1v) is 9.53. The molecule has 0 amide bonds. The number of imidazole rings is 1. The second-order valence-corrected chi connectivity index (χ2v) is 7.32. The molecule has 0 spiro atoms. The number of benzene rings is 1. The Balaban J connectivity index is 1.28. The molecule has 1 aromatic carbocycles. The number of aryl methyl sites for hydroxylation is 1. The van der Waals surface area contributed by atoms with E-state index >= 15 is 0 Å². The summed E-state index contributed by atoms with van der Waals surface area (Å²) in [5.74, 6) is 0. The Hall–Kier alpha value is -3.19. The van der Waals surface area contributed by atoms with E-state index in [0.29, 0.717) is 5.39 Å². The van der Waals surface area contributed by atoms with Crippen LogP contribution in [0.4, 0.5) is 5.69 Å². The van der Waals surface area contributed by atoms with Crippen LogP contribution in [0.5, 0.6) is 0 Å². The molecule has 4 aromatic rings. The number of rotatable bonds is 3. The van der Waals surface area contributed by atoms with Crippen LogP contribution in [-0.4, -0.2) is 50.0 Å². The fraction of sp³-hybridized carbons (Fsp3) is 0.286. The van der Waals surface area contributed by atoms with E-state index < -0.39 is 0 Å². The van der Waals surface area contributed by atoms with Crippen molar-refractivity contribution in [3.63, 3.8) is 0 Å². The third-order valence-electron chi connectivity index (χ3n) is 5.44. The minimum Gasteiger partial charge on any atom is -0.369 e. The lowest BCUT2D eigenvalue weighted by molar-refractivity contribution is 0.247. The highest BCUT2D eigenvalue weighted by molar-refractivity contribution is 5.81. The van der Waals surface area contributed by atoms with Crippen molar-refractivity contribution in [2.45, 2.75) is 6.54 Å². The van der Waals surface area contributed by atoms with Gasteiger partial charge in [-0.25, -0.2) is 9.97 Å². The maximum absolute atomic E-state index is 12.2. The monoisotopic (exact) mass is 374 g/mol. The number of hydrogen-bond donors (Lipinski definition) is 0. The van der Waals surface area contributed by atoms with Gasteiger partial charge in [-0.3, -0.25) is 9.69 Å². The first-order valence-electron chi connectivity index (χ1n) is 9.53. The van der Waals surface area contributed by atoms with Crippen molar-refractivity contribution >= 4 is 22.2 Å². The predicted molar refractivity (Wildman–Crippen MR) is 110 cm³/mol. The van der Waals surface area contributed by atoms with Gasteiger partial charge in [-0.15, -0.1) is 0 Å². The molecule has 3 aromatic heterocycles. The number of fused-ring (bicyclic) bond motifs is 2. The lowest BCUT2D eigenvalue weighted by Gasteiger charge is -2.35.